The van der Waals surface area contributed by atoms with Crippen molar-refractivity contribution in [3.05, 3.63) is 63.7 Å². The van der Waals surface area contributed by atoms with E-state index in [2.05, 4.69) is 10.1 Å². The number of fused-ring (bicyclic) bond motifs is 1. The molecule has 0 N–H and O–H groups in total. The maximum Gasteiger partial charge on any atom is 0.263 e. The Hall–Kier alpha value is -3.23. The van der Waals surface area contributed by atoms with Crippen LogP contribution in [-0.4, -0.2) is 41.0 Å². The Labute approximate surface area is 188 Å². The van der Waals surface area contributed by atoms with Crippen LogP contribution >= 0.6 is 11.6 Å². The van der Waals surface area contributed by atoms with Crippen LogP contribution in [0.5, 0.6) is 0 Å². The van der Waals surface area contributed by atoms with Crippen LogP contribution in [-0.2, 0) is 11.3 Å². The molecule has 1 aliphatic rings. The number of hydrogen-bond acceptors (Lipinski definition) is 6. The van der Waals surface area contributed by atoms with E-state index in [1.807, 2.05) is 16.4 Å². The number of benzene rings is 2. The number of ether oxygens (including phenoxy) is 1. The molecule has 0 radical (unpaired) electrons. The molecule has 1 fully saturated rings. The number of anilines is 1. The van der Waals surface area contributed by atoms with Gasteiger partial charge in [0.1, 0.15) is 11.4 Å². The first-order valence-corrected chi connectivity index (χ1v) is 10.7. The number of nitrogens with zero attached hydrogens (tertiary/aromatic N) is 4. The van der Waals surface area contributed by atoms with Crippen molar-refractivity contribution in [2.75, 3.05) is 31.2 Å². The Morgan fingerprint density at radius 2 is 2.00 bits per heavy atom. The number of rotatable bonds is 4. The summed E-state index contributed by atoms with van der Waals surface area (Å²) in [6, 6.07) is 10.1. The minimum absolute atomic E-state index is 0.0757. The second-order valence-electron chi connectivity index (χ2n) is 7.51. The van der Waals surface area contributed by atoms with Crippen molar-refractivity contribution in [2.45, 2.75) is 13.5 Å². The SMILES string of the molecule is CCn1cc(-c2nc(-c3cccc(Cl)c3)no2)c(=O)c2cc(F)c(N3CCOCC3)cc21. The van der Waals surface area contributed by atoms with Gasteiger partial charge in [0, 0.05) is 41.8 Å². The van der Waals surface area contributed by atoms with Crippen molar-refractivity contribution in [3.63, 3.8) is 0 Å². The van der Waals surface area contributed by atoms with Gasteiger partial charge in [-0.3, -0.25) is 4.79 Å². The van der Waals surface area contributed by atoms with E-state index in [1.54, 1.807) is 36.5 Å². The molecule has 0 spiro atoms. The number of halogens is 2. The highest BCUT2D eigenvalue weighted by atomic mass is 35.5. The van der Waals surface area contributed by atoms with Gasteiger partial charge in [-0.05, 0) is 31.2 Å². The molecule has 9 heteroatoms. The van der Waals surface area contributed by atoms with Crippen LogP contribution in [0.3, 0.4) is 0 Å². The first-order valence-electron chi connectivity index (χ1n) is 10.3. The van der Waals surface area contributed by atoms with Crippen molar-refractivity contribution >= 4 is 28.2 Å². The van der Waals surface area contributed by atoms with Gasteiger partial charge in [0.15, 0.2) is 0 Å². The highest BCUT2D eigenvalue weighted by Gasteiger charge is 2.21. The molecule has 3 heterocycles. The molecule has 4 aromatic rings. The van der Waals surface area contributed by atoms with Crippen LogP contribution < -0.4 is 10.3 Å². The summed E-state index contributed by atoms with van der Waals surface area (Å²) in [5.74, 6) is -0.0490. The number of pyridine rings is 1. The molecule has 164 valence electrons. The molecule has 0 amide bonds. The van der Waals surface area contributed by atoms with Gasteiger partial charge in [0.2, 0.25) is 11.3 Å². The molecule has 0 aliphatic carbocycles. The minimum atomic E-state index is -0.443. The van der Waals surface area contributed by atoms with Gasteiger partial charge >= 0.3 is 0 Å². The zero-order valence-corrected chi connectivity index (χ0v) is 18.1. The van der Waals surface area contributed by atoms with Gasteiger partial charge in [-0.2, -0.15) is 4.98 Å². The van der Waals surface area contributed by atoms with Crippen LogP contribution in [0.1, 0.15) is 6.92 Å². The first kappa shape index (κ1) is 20.7. The lowest BCUT2D eigenvalue weighted by molar-refractivity contribution is 0.122. The summed E-state index contributed by atoms with van der Waals surface area (Å²) in [5.41, 5.74) is 1.65. The van der Waals surface area contributed by atoms with E-state index in [4.69, 9.17) is 20.9 Å². The highest BCUT2D eigenvalue weighted by molar-refractivity contribution is 6.30. The topological polar surface area (TPSA) is 73.4 Å². The van der Waals surface area contributed by atoms with E-state index in [9.17, 15) is 4.79 Å². The monoisotopic (exact) mass is 454 g/mol. The molecule has 0 saturated carbocycles. The Morgan fingerprint density at radius 1 is 1.19 bits per heavy atom. The van der Waals surface area contributed by atoms with Crippen molar-refractivity contribution in [2.24, 2.45) is 0 Å². The zero-order valence-electron chi connectivity index (χ0n) is 17.3. The number of aryl methyl sites for hydroxylation is 1. The zero-order chi connectivity index (χ0) is 22.2. The summed E-state index contributed by atoms with van der Waals surface area (Å²) < 4.78 is 27.7. The van der Waals surface area contributed by atoms with Gasteiger partial charge in [-0.25, -0.2) is 4.39 Å². The van der Waals surface area contributed by atoms with E-state index in [-0.39, 0.29) is 22.3 Å². The molecule has 0 bridgehead atoms. The molecule has 5 rings (SSSR count). The molecule has 7 nitrogen and oxygen atoms in total. The summed E-state index contributed by atoms with van der Waals surface area (Å²) in [4.78, 5) is 19.6. The minimum Gasteiger partial charge on any atom is -0.378 e. The predicted molar refractivity (Wildman–Crippen MR) is 121 cm³/mol. The summed E-state index contributed by atoms with van der Waals surface area (Å²) >= 11 is 6.05. The number of morpholine rings is 1. The van der Waals surface area contributed by atoms with Crippen molar-refractivity contribution in [3.8, 4) is 22.8 Å². The Kier molecular flexibility index (Phi) is 5.40. The number of hydrogen-bond donors (Lipinski definition) is 0. The van der Waals surface area contributed by atoms with Gasteiger partial charge in [0.05, 0.1) is 24.4 Å². The molecule has 2 aromatic carbocycles. The third kappa shape index (κ3) is 3.65. The summed E-state index contributed by atoms with van der Waals surface area (Å²) in [6.45, 7) is 4.83. The summed E-state index contributed by atoms with van der Waals surface area (Å²) in [5, 5.41) is 4.79. The molecule has 1 saturated heterocycles. The molecular weight excluding hydrogens is 435 g/mol. The van der Waals surface area contributed by atoms with E-state index in [0.29, 0.717) is 60.5 Å². The predicted octanol–water partition coefficient (Wildman–Crippen LogP) is 4.37. The second-order valence-corrected chi connectivity index (χ2v) is 7.95. The maximum atomic E-state index is 15.0. The van der Waals surface area contributed by atoms with Gasteiger partial charge in [-0.15, -0.1) is 0 Å². The van der Waals surface area contributed by atoms with Crippen molar-refractivity contribution < 1.29 is 13.7 Å². The van der Waals surface area contributed by atoms with Crippen molar-refractivity contribution in [1.82, 2.24) is 14.7 Å². The van der Waals surface area contributed by atoms with Gasteiger partial charge in [-0.1, -0.05) is 28.9 Å². The fraction of sp³-hybridized carbons (Fsp3) is 0.261. The molecule has 0 atom stereocenters. The van der Waals surface area contributed by atoms with E-state index in [0.717, 1.165) is 0 Å². The van der Waals surface area contributed by atoms with Crippen LogP contribution in [0.2, 0.25) is 5.02 Å². The average molecular weight is 455 g/mol. The lowest BCUT2D eigenvalue weighted by Crippen LogP contribution is -2.36. The Morgan fingerprint density at radius 3 is 2.75 bits per heavy atom. The summed E-state index contributed by atoms with van der Waals surface area (Å²) in [7, 11) is 0. The van der Waals surface area contributed by atoms with Crippen LogP contribution in [0.25, 0.3) is 33.7 Å². The highest BCUT2D eigenvalue weighted by Crippen LogP contribution is 2.28. The summed E-state index contributed by atoms with van der Waals surface area (Å²) in [6.07, 6.45) is 1.68. The first-order chi connectivity index (χ1) is 15.5. The largest absolute Gasteiger partial charge is 0.378 e. The van der Waals surface area contributed by atoms with Gasteiger partial charge < -0.3 is 18.7 Å². The van der Waals surface area contributed by atoms with Crippen molar-refractivity contribution in [1.29, 1.82) is 0 Å². The fourth-order valence-electron chi connectivity index (χ4n) is 3.94. The van der Waals surface area contributed by atoms with Crippen LogP contribution in [0, 0.1) is 5.82 Å². The normalized spacial score (nSPS) is 14.3. The molecule has 0 unspecified atom stereocenters. The van der Waals surface area contributed by atoms with Gasteiger partial charge in [0.25, 0.3) is 5.89 Å². The molecular formula is C23H20ClFN4O3. The molecule has 32 heavy (non-hydrogen) atoms. The lowest BCUT2D eigenvalue weighted by Gasteiger charge is -2.29. The maximum absolute atomic E-state index is 15.0. The molecule has 2 aromatic heterocycles. The van der Waals surface area contributed by atoms with E-state index < -0.39 is 5.82 Å². The Bertz CT molecular complexity index is 1360. The third-order valence-electron chi connectivity index (χ3n) is 5.58. The van der Waals surface area contributed by atoms with Crippen LogP contribution in [0.15, 0.2) is 51.9 Å². The smallest absolute Gasteiger partial charge is 0.263 e. The van der Waals surface area contributed by atoms with E-state index >= 15 is 4.39 Å². The third-order valence-corrected chi connectivity index (χ3v) is 5.82. The number of aromatic nitrogens is 3. The fourth-order valence-corrected chi connectivity index (χ4v) is 4.13. The lowest BCUT2D eigenvalue weighted by atomic mass is 10.1. The Balaban J connectivity index is 1.62. The van der Waals surface area contributed by atoms with Crippen LogP contribution in [0.4, 0.5) is 10.1 Å². The standard InChI is InChI=1S/C23H20ClFN4O3/c1-2-28-13-17(23-26-22(27-32-23)14-4-3-5-15(24)10-14)21(30)16-11-18(25)20(12-19(16)28)29-6-8-31-9-7-29/h3-5,10-13H,2,6-9H2,1H3. The van der Waals surface area contributed by atoms with E-state index in [1.165, 1.54) is 6.07 Å². The average Bonchev–Trinajstić information content (AvgIpc) is 3.30. The quantitative estimate of drug-likeness (QED) is 0.456. The second kappa shape index (κ2) is 8.37. The molecule has 1 aliphatic heterocycles.